The van der Waals surface area contributed by atoms with Crippen molar-refractivity contribution in [3.8, 4) is 17.2 Å². The first-order chi connectivity index (χ1) is 14.5. The highest BCUT2D eigenvalue weighted by molar-refractivity contribution is 5.96. The molecule has 9 heteroatoms. The topological polar surface area (TPSA) is 112 Å². The molecule has 0 heterocycles. The Bertz CT molecular complexity index is 899. The van der Waals surface area contributed by atoms with Crippen LogP contribution >= 0.6 is 0 Å². The molecular weight excluding hydrogens is 392 g/mol. The van der Waals surface area contributed by atoms with Crippen LogP contribution in [0.1, 0.15) is 15.9 Å². The Morgan fingerprint density at radius 1 is 0.867 bits per heavy atom. The van der Waals surface area contributed by atoms with Crippen molar-refractivity contribution in [1.29, 1.82) is 0 Å². The van der Waals surface area contributed by atoms with E-state index in [9.17, 15) is 14.4 Å². The molecule has 2 N–H and O–H groups in total. The molecule has 0 aliphatic rings. The van der Waals surface area contributed by atoms with Crippen molar-refractivity contribution < 1.29 is 33.3 Å². The molecular formula is C21H24N2O7. The standard InChI is InChI=1S/C21H24N2O7/c1-27-16-6-4-5-15(10-16)21(26)23-12-20(25)30-13-19(24)22-11-14-7-8-17(28-2)18(9-14)29-3/h4-10H,11-13H2,1-3H3,(H,22,24)(H,23,26). The molecule has 2 rings (SSSR count). The lowest BCUT2D eigenvalue weighted by atomic mass is 10.2. The maximum Gasteiger partial charge on any atom is 0.325 e. The molecule has 2 aromatic carbocycles. The van der Waals surface area contributed by atoms with Gasteiger partial charge in [-0.25, -0.2) is 0 Å². The first-order valence-electron chi connectivity index (χ1n) is 9.02. The van der Waals surface area contributed by atoms with Crippen molar-refractivity contribution in [3.05, 3.63) is 53.6 Å². The molecule has 0 aromatic heterocycles. The van der Waals surface area contributed by atoms with Crippen molar-refractivity contribution in [2.45, 2.75) is 6.54 Å². The lowest BCUT2D eigenvalue weighted by Gasteiger charge is -2.11. The minimum absolute atomic E-state index is 0.226. The SMILES string of the molecule is COc1cccc(C(=O)NCC(=O)OCC(=O)NCc2ccc(OC)c(OC)c2)c1. The van der Waals surface area contributed by atoms with E-state index >= 15 is 0 Å². The lowest BCUT2D eigenvalue weighted by molar-refractivity contribution is -0.147. The summed E-state index contributed by atoms with van der Waals surface area (Å²) >= 11 is 0. The quantitative estimate of drug-likeness (QED) is 0.562. The zero-order valence-corrected chi connectivity index (χ0v) is 17.0. The molecule has 0 radical (unpaired) electrons. The van der Waals surface area contributed by atoms with Crippen molar-refractivity contribution in [1.82, 2.24) is 10.6 Å². The zero-order chi connectivity index (χ0) is 21.9. The molecule has 2 aromatic rings. The first kappa shape index (κ1) is 22.5. The second-order valence-corrected chi connectivity index (χ2v) is 6.04. The molecule has 0 aliphatic heterocycles. The molecule has 0 atom stereocenters. The van der Waals surface area contributed by atoms with Gasteiger partial charge in [-0.1, -0.05) is 12.1 Å². The Hall–Kier alpha value is -3.75. The van der Waals surface area contributed by atoms with Gasteiger partial charge in [-0.15, -0.1) is 0 Å². The summed E-state index contributed by atoms with van der Waals surface area (Å²) in [6.45, 7) is -0.594. The van der Waals surface area contributed by atoms with Gasteiger partial charge in [0.15, 0.2) is 18.1 Å². The maximum atomic E-state index is 12.0. The number of carbonyl (C=O) groups is 3. The van der Waals surface area contributed by atoms with Crippen LogP contribution in [-0.2, 0) is 20.9 Å². The molecule has 0 aliphatic carbocycles. The molecule has 0 unspecified atom stereocenters. The van der Waals surface area contributed by atoms with Gasteiger partial charge in [0.2, 0.25) is 0 Å². The van der Waals surface area contributed by atoms with Gasteiger partial charge in [0.25, 0.3) is 11.8 Å². The summed E-state index contributed by atoms with van der Waals surface area (Å²) in [6, 6.07) is 11.7. The third-order valence-corrected chi connectivity index (χ3v) is 4.03. The van der Waals surface area contributed by atoms with E-state index in [2.05, 4.69) is 10.6 Å². The van der Waals surface area contributed by atoms with Gasteiger partial charge in [-0.2, -0.15) is 0 Å². The molecule has 0 saturated carbocycles. The molecule has 160 valence electrons. The zero-order valence-electron chi connectivity index (χ0n) is 17.0. The van der Waals surface area contributed by atoms with E-state index in [0.29, 0.717) is 22.8 Å². The number of benzene rings is 2. The number of esters is 1. The predicted molar refractivity (Wildman–Crippen MR) is 108 cm³/mol. The Kier molecular flexibility index (Phi) is 8.49. The Balaban J connectivity index is 1.72. The van der Waals surface area contributed by atoms with Gasteiger partial charge in [0, 0.05) is 12.1 Å². The third kappa shape index (κ3) is 6.69. The van der Waals surface area contributed by atoms with Gasteiger partial charge in [0.1, 0.15) is 12.3 Å². The van der Waals surface area contributed by atoms with Crippen LogP contribution < -0.4 is 24.8 Å². The second kappa shape index (κ2) is 11.3. The second-order valence-electron chi connectivity index (χ2n) is 6.04. The Morgan fingerprint density at radius 2 is 1.63 bits per heavy atom. The smallest absolute Gasteiger partial charge is 0.325 e. The number of ether oxygens (including phenoxy) is 4. The van der Waals surface area contributed by atoms with Crippen LogP contribution in [0.15, 0.2) is 42.5 Å². The fraction of sp³-hybridized carbons (Fsp3) is 0.286. The largest absolute Gasteiger partial charge is 0.497 e. The summed E-state index contributed by atoms with van der Waals surface area (Å²) in [7, 11) is 4.55. The molecule has 0 bridgehead atoms. The van der Waals surface area contributed by atoms with Gasteiger partial charge >= 0.3 is 5.97 Å². The maximum absolute atomic E-state index is 12.0. The number of rotatable bonds is 10. The summed E-state index contributed by atoms with van der Waals surface area (Å²) in [6.07, 6.45) is 0. The van der Waals surface area contributed by atoms with Crippen molar-refractivity contribution >= 4 is 17.8 Å². The number of hydrogen-bond donors (Lipinski definition) is 2. The van der Waals surface area contributed by atoms with E-state index in [-0.39, 0.29) is 13.1 Å². The van der Waals surface area contributed by atoms with E-state index < -0.39 is 24.4 Å². The van der Waals surface area contributed by atoms with Crippen LogP contribution in [0.2, 0.25) is 0 Å². The van der Waals surface area contributed by atoms with Crippen LogP contribution in [0.3, 0.4) is 0 Å². The summed E-state index contributed by atoms with van der Waals surface area (Å²) in [5.74, 6) is -0.00939. The van der Waals surface area contributed by atoms with Gasteiger partial charge in [-0.3, -0.25) is 14.4 Å². The predicted octanol–water partition coefficient (Wildman–Crippen LogP) is 1.30. The molecule has 0 spiro atoms. The molecule has 0 fully saturated rings. The van der Waals surface area contributed by atoms with Gasteiger partial charge in [0.05, 0.1) is 21.3 Å². The van der Waals surface area contributed by atoms with E-state index in [1.165, 1.54) is 21.3 Å². The first-order valence-corrected chi connectivity index (χ1v) is 9.02. The van der Waals surface area contributed by atoms with E-state index in [4.69, 9.17) is 18.9 Å². The molecule has 9 nitrogen and oxygen atoms in total. The average molecular weight is 416 g/mol. The lowest BCUT2D eigenvalue weighted by Crippen LogP contribution is -2.33. The summed E-state index contributed by atoms with van der Waals surface area (Å²) in [5.41, 5.74) is 1.13. The van der Waals surface area contributed by atoms with Crippen LogP contribution in [0.25, 0.3) is 0 Å². The van der Waals surface area contributed by atoms with Crippen LogP contribution in [0.5, 0.6) is 17.2 Å². The van der Waals surface area contributed by atoms with E-state index in [1.54, 1.807) is 42.5 Å². The number of methoxy groups -OCH3 is 3. The summed E-state index contributed by atoms with van der Waals surface area (Å²) < 4.78 is 20.3. The number of amides is 2. The van der Waals surface area contributed by atoms with Gasteiger partial charge < -0.3 is 29.6 Å². The number of carbonyl (C=O) groups excluding carboxylic acids is 3. The highest BCUT2D eigenvalue weighted by Crippen LogP contribution is 2.27. The van der Waals surface area contributed by atoms with Crippen LogP contribution in [0, 0.1) is 0 Å². The van der Waals surface area contributed by atoms with Crippen molar-refractivity contribution in [2.75, 3.05) is 34.5 Å². The average Bonchev–Trinajstić information content (AvgIpc) is 2.79. The fourth-order valence-electron chi connectivity index (χ4n) is 2.46. The van der Waals surface area contributed by atoms with E-state index in [0.717, 1.165) is 5.56 Å². The highest BCUT2D eigenvalue weighted by atomic mass is 16.5. The van der Waals surface area contributed by atoms with E-state index in [1.807, 2.05) is 0 Å². The van der Waals surface area contributed by atoms with Crippen LogP contribution in [-0.4, -0.2) is 52.3 Å². The Morgan fingerprint density at radius 3 is 2.33 bits per heavy atom. The fourth-order valence-corrected chi connectivity index (χ4v) is 2.46. The Labute approximate surface area is 174 Å². The number of nitrogens with one attached hydrogen (secondary N) is 2. The highest BCUT2D eigenvalue weighted by Gasteiger charge is 2.12. The normalized spacial score (nSPS) is 9.97. The van der Waals surface area contributed by atoms with Crippen LogP contribution in [0.4, 0.5) is 0 Å². The number of hydrogen-bond acceptors (Lipinski definition) is 7. The molecule has 0 saturated heterocycles. The minimum Gasteiger partial charge on any atom is -0.497 e. The van der Waals surface area contributed by atoms with Gasteiger partial charge in [-0.05, 0) is 35.9 Å². The third-order valence-electron chi connectivity index (χ3n) is 4.03. The molecule has 2 amide bonds. The summed E-state index contributed by atoms with van der Waals surface area (Å²) in [4.78, 5) is 35.7. The summed E-state index contributed by atoms with van der Waals surface area (Å²) in [5, 5.41) is 5.06. The van der Waals surface area contributed by atoms with Crippen molar-refractivity contribution in [2.24, 2.45) is 0 Å². The monoisotopic (exact) mass is 416 g/mol. The van der Waals surface area contributed by atoms with Crippen molar-refractivity contribution in [3.63, 3.8) is 0 Å². The molecule has 30 heavy (non-hydrogen) atoms. The minimum atomic E-state index is -0.729.